The molecular weight excluding hydrogens is 326 g/mol. The van der Waals surface area contributed by atoms with Gasteiger partial charge in [0.05, 0.1) is 17.5 Å². The molecule has 1 atom stereocenters. The van der Waals surface area contributed by atoms with Crippen LogP contribution >= 0.6 is 12.2 Å². The molecule has 1 aliphatic rings. The number of nitro groups is 1. The monoisotopic (exact) mass is 339 g/mol. The van der Waals surface area contributed by atoms with Crippen LogP contribution in [0.2, 0.25) is 0 Å². The summed E-state index contributed by atoms with van der Waals surface area (Å²) in [5.74, 6) is -2.17. The summed E-state index contributed by atoms with van der Waals surface area (Å²) >= 11 is 5.05. The molecule has 1 aliphatic heterocycles. The topological polar surface area (TPSA) is 112 Å². The van der Waals surface area contributed by atoms with E-state index in [2.05, 4.69) is 0 Å². The van der Waals surface area contributed by atoms with E-state index in [-0.39, 0.29) is 23.2 Å². The Bertz CT molecular complexity index is 743. The van der Waals surface area contributed by atoms with Crippen molar-refractivity contribution in [1.29, 1.82) is 0 Å². The van der Waals surface area contributed by atoms with E-state index in [0.717, 1.165) is 6.20 Å². The van der Waals surface area contributed by atoms with Crippen molar-refractivity contribution in [3.63, 3.8) is 0 Å². The zero-order valence-corrected chi connectivity index (χ0v) is 12.9. The number of pyridine rings is 1. The number of amides is 2. The van der Waals surface area contributed by atoms with Crippen LogP contribution in [0.5, 0.6) is 0 Å². The van der Waals surface area contributed by atoms with Gasteiger partial charge in [-0.15, -0.1) is 5.06 Å². The molecular formula is C13H13N3O6S. The molecule has 1 aromatic heterocycles. The summed E-state index contributed by atoms with van der Waals surface area (Å²) in [6.45, 7) is 1.75. The minimum atomic E-state index is -1.07. The van der Waals surface area contributed by atoms with Crippen LogP contribution in [0.1, 0.15) is 32.2 Å². The molecule has 2 amide bonds. The molecule has 9 nitrogen and oxygen atoms in total. The number of hydrogen-bond acceptors (Lipinski definition) is 7. The van der Waals surface area contributed by atoms with Crippen molar-refractivity contribution in [3.8, 4) is 0 Å². The molecule has 10 heteroatoms. The summed E-state index contributed by atoms with van der Waals surface area (Å²) in [6, 6.07) is 1.44. The van der Waals surface area contributed by atoms with Gasteiger partial charge in [-0.2, -0.15) is 0 Å². The van der Waals surface area contributed by atoms with Gasteiger partial charge < -0.3 is 9.40 Å². The van der Waals surface area contributed by atoms with Gasteiger partial charge in [0.25, 0.3) is 17.5 Å². The summed E-state index contributed by atoms with van der Waals surface area (Å²) in [6.07, 6.45) is 1.38. The molecule has 0 spiro atoms. The third kappa shape index (κ3) is 3.42. The first-order valence-corrected chi connectivity index (χ1v) is 7.20. The van der Waals surface area contributed by atoms with Crippen LogP contribution in [0.15, 0.2) is 18.3 Å². The lowest BCUT2D eigenvalue weighted by molar-refractivity contribution is -0.385. The first kappa shape index (κ1) is 16.7. The Kier molecular flexibility index (Phi) is 4.84. The Balaban J connectivity index is 2.29. The molecule has 0 aromatic carbocycles. The van der Waals surface area contributed by atoms with Crippen LogP contribution < -0.4 is 0 Å². The minimum Gasteiger partial charge on any atom is -0.330 e. The highest BCUT2D eigenvalue weighted by atomic mass is 32.1. The van der Waals surface area contributed by atoms with Crippen molar-refractivity contribution in [1.82, 2.24) is 9.63 Å². The van der Waals surface area contributed by atoms with E-state index < -0.39 is 28.7 Å². The van der Waals surface area contributed by atoms with E-state index in [0.29, 0.717) is 11.5 Å². The Morgan fingerprint density at radius 3 is 2.78 bits per heavy atom. The van der Waals surface area contributed by atoms with Gasteiger partial charge in [0, 0.05) is 12.5 Å². The highest BCUT2D eigenvalue weighted by molar-refractivity contribution is 7.71. The number of aromatic nitrogens is 1. The average molecular weight is 339 g/mol. The second kappa shape index (κ2) is 6.65. The second-order valence-electron chi connectivity index (χ2n) is 4.85. The third-order valence-corrected chi connectivity index (χ3v) is 3.54. The third-order valence-electron chi connectivity index (χ3n) is 3.20. The largest absolute Gasteiger partial charge is 0.333 e. The predicted molar refractivity (Wildman–Crippen MR) is 78.4 cm³/mol. The standard InChI is InChI=1S/C13H13N3O6S/c1-2-3-12(18)22-15-10(17)6-9(13(15)19)14-7-8(16(20)21)4-5-11(14)23/h4-5,7,9H,2-3,6H2,1H3. The highest BCUT2D eigenvalue weighted by Gasteiger charge is 2.43. The SMILES string of the molecule is CCCC(=O)ON1C(=O)CC(n2cc([N+](=O)[O-])ccc2=S)C1=O. The minimum absolute atomic E-state index is 0.0674. The number of nitrogens with zero attached hydrogens (tertiary/aromatic N) is 3. The molecule has 1 unspecified atom stereocenters. The van der Waals surface area contributed by atoms with Crippen molar-refractivity contribution in [2.24, 2.45) is 0 Å². The van der Waals surface area contributed by atoms with E-state index in [4.69, 9.17) is 17.1 Å². The van der Waals surface area contributed by atoms with Crippen molar-refractivity contribution in [3.05, 3.63) is 33.1 Å². The summed E-state index contributed by atoms with van der Waals surface area (Å²) < 4.78 is 1.32. The summed E-state index contributed by atoms with van der Waals surface area (Å²) in [4.78, 5) is 50.6. The lowest BCUT2D eigenvalue weighted by Gasteiger charge is -2.15. The Morgan fingerprint density at radius 1 is 1.48 bits per heavy atom. The average Bonchev–Trinajstić information content (AvgIpc) is 2.76. The van der Waals surface area contributed by atoms with Gasteiger partial charge in [0.2, 0.25) is 0 Å². The van der Waals surface area contributed by atoms with Crippen molar-refractivity contribution in [2.45, 2.75) is 32.2 Å². The van der Waals surface area contributed by atoms with Crippen molar-refractivity contribution < 1.29 is 24.1 Å². The van der Waals surface area contributed by atoms with Gasteiger partial charge in [-0.05, 0) is 12.5 Å². The number of carbonyl (C=O) groups is 3. The maximum atomic E-state index is 12.3. The molecule has 1 fully saturated rings. The molecule has 23 heavy (non-hydrogen) atoms. The zero-order chi connectivity index (χ0) is 17.1. The maximum Gasteiger partial charge on any atom is 0.333 e. The van der Waals surface area contributed by atoms with Gasteiger partial charge in [-0.1, -0.05) is 19.1 Å². The van der Waals surface area contributed by atoms with Crippen LogP contribution in [0.3, 0.4) is 0 Å². The van der Waals surface area contributed by atoms with Crippen LogP contribution in [-0.2, 0) is 19.2 Å². The van der Waals surface area contributed by atoms with Crippen molar-refractivity contribution >= 4 is 35.7 Å². The van der Waals surface area contributed by atoms with Crippen LogP contribution in [-0.4, -0.2) is 32.3 Å². The molecule has 122 valence electrons. The van der Waals surface area contributed by atoms with Crippen LogP contribution in [0.4, 0.5) is 5.69 Å². The molecule has 0 radical (unpaired) electrons. The van der Waals surface area contributed by atoms with Gasteiger partial charge in [-0.3, -0.25) is 19.7 Å². The van der Waals surface area contributed by atoms with E-state index in [9.17, 15) is 24.5 Å². The number of imide groups is 1. The fraction of sp³-hybridized carbons (Fsp3) is 0.385. The maximum absolute atomic E-state index is 12.3. The molecule has 2 rings (SSSR count). The van der Waals surface area contributed by atoms with Crippen LogP contribution in [0.25, 0.3) is 0 Å². The van der Waals surface area contributed by atoms with Gasteiger partial charge >= 0.3 is 5.97 Å². The number of rotatable bonds is 5. The first-order valence-electron chi connectivity index (χ1n) is 6.79. The fourth-order valence-corrected chi connectivity index (χ4v) is 2.35. The number of carbonyl (C=O) groups excluding carboxylic acids is 3. The van der Waals surface area contributed by atoms with E-state index >= 15 is 0 Å². The Morgan fingerprint density at radius 2 is 2.17 bits per heavy atom. The Labute approximate surface area is 135 Å². The summed E-state index contributed by atoms with van der Waals surface area (Å²) in [5, 5.41) is 11.2. The fourth-order valence-electron chi connectivity index (χ4n) is 2.10. The predicted octanol–water partition coefficient (Wildman–Crippen LogP) is 1.68. The van der Waals surface area contributed by atoms with Crippen molar-refractivity contribution in [2.75, 3.05) is 0 Å². The van der Waals surface area contributed by atoms with Gasteiger partial charge in [0.15, 0.2) is 0 Å². The van der Waals surface area contributed by atoms with Gasteiger partial charge in [0.1, 0.15) is 10.7 Å². The normalized spacial score (nSPS) is 17.4. The zero-order valence-electron chi connectivity index (χ0n) is 12.1. The first-order chi connectivity index (χ1) is 10.8. The summed E-state index contributed by atoms with van der Waals surface area (Å²) in [5.41, 5.74) is -0.264. The smallest absolute Gasteiger partial charge is 0.330 e. The van der Waals surface area contributed by atoms with E-state index in [1.54, 1.807) is 6.92 Å². The van der Waals surface area contributed by atoms with E-state index in [1.807, 2.05) is 0 Å². The molecule has 0 aliphatic carbocycles. The molecule has 0 N–H and O–H groups in total. The quantitative estimate of drug-likeness (QED) is 0.347. The van der Waals surface area contributed by atoms with Crippen LogP contribution in [0, 0.1) is 14.8 Å². The lowest BCUT2D eigenvalue weighted by atomic mass is 10.2. The molecule has 1 saturated heterocycles. The molecule has 0 saturated carbocycles. The van der Waals surface area contributed by atoms with Gasteiger partial charge in [-0.25, -0.2) is 4.79 Å². The Hall–Kier alpha value is -2.62. The van der Waals surface area contributed by atoms with E-state index in [1.165, 1.54) is 16.7 Å². The molecule has 1 aromatic rings. The second-order valence-corrected chi connectivity index (χ2v) is 5.27. The number of hydroxylamine groups is 2. The molecule has 0 bridgehead atoms. The molecule has 2 heterocycles. The summed E-state index contributed by atoms with van der Waals surface area (Å²) in [7, 11) is 0. The lowest BCUT2D eigenvalue weighted by Crippen LogP contribution is -2.33. The highest BCUT2D eigenvalue weighted by Crippen LogP contribution is 2.27. The number of hydrogen-bond donors (Lipinski definition) is 0.